The van der Waals surface area contributed by atoms with Gasteiger partial charge in [-0.2, -0.15) is 8.78 Å². The zero-order valence-corrected chi connectivity index (χ0v) is 10.0. The van der Waals surface area contributed by atoms with Crippen molar-refractivity contribution in [2.45, 2.75) is 19.4 Å². The summed E-state index contributed by atoms with van der Waals surface area (Å²) in [6.45, 7) is -3.19. The van der Waals surface area contributed by atoms with Crippen LogP contribution in [0.25, 0.3) is 0 Å². The molecular formula is C11H9F5O4. The minimum absolute atomic E-state index is 0.171. The molecule has 0 spiro atoms. The first-order valence-electron chi connectivity index (χ1n) is 5.11. The molecule has 9 heteroatoms. The topological polar surface area (TPSA) is 44.8 Å². The van der Waals surface area contributed by atoms with Gasteiger partial charge in [0.2, 0.25) is 0 Å². The molecule has 0 aromatic heterocycles. The van der Waals surface area contributed by atoms with Crippen LogP contribution in [0.5, 0.6) is 11.5 Å². The van der Waals surface area contributed by atoms with Gasteiger partial charge < -0.3 is 14.2 Å². The van der Waals surface area contributed by atoms with Crippen molar-refractivity contribution in [2.24, 2.45) is 0 Å². The molecule has 0 amide bonds. The van der Waals surface area contributed by atoms with Crippen LogP contribution >= 0.6 is 0 Å². The summed E-state index contributed by atoms with van der Waals surface area (Å²) in [6, 6.07) is 2.63. The highest BCUT2D eigenvalue weighted by Gasteiger charge is 2.32. The Balaban J connectivity index is 3.05. The summed E-state index contributed by atoms with van der Waals surface area (Å²) < 4.78 is 72.5. The predicted octanol–water partition coefficient (Wildman–Crippen LogP) is 2.90. The summed E-state index contributed by atoms with van der Waals surface area (Å²) >= 11 is 0. The highest BCUT2D eigenvalue weighted by atomic mass is 19.4. The van der Waals surface area contributed by atoms with Crippen LogP contribution in [0.15, 0.2) is 18.2 Å². The Morgan fingerprint density at radius 1 is 1.30 bits per heavy atom. The third-order valence-corrected chi connectivity index (χ3v) is 2.05. The number of ether oxygens (including phenoxy) is 3. The molecular weight excluding hydrogens is 291 g/mol. The van der Waals surface area contributed by atoms with Gasteiger partial charge in [-0.1, -0.05) is 6.07 Å². The molecule has 112 valence electrons. The number of halogens is 5. The number of methoxy groups -OCH3 is 1. The third kappa shape index (κ3) is 5.29. The van der Waals surface area contributed by atoms with E-state index in [0.29, 0.717) is 6.07 Å². The highest BCUT2D eigenvalue weighted by Crippen LogP contribution is 2.31. The Kier molecular flexibility index (Phi) is 5.12. The van der Waals surface area contributed by atoms with E-state index in [9.17, 15) is 26.7 Å². The first-order chi connectivity index (χ1) is 9.21. The average Bonchev–Trinajstić information content (AvgIpc) is 2.29. The maximum atomic E-state index is 12.2. The molecule has 0 bridgehead atoms. The molecule has 0 atom stereocenters. The maximum Gasteiger partial charge on any atom is 0.573 e. The second kappa shape index (κ2) is 6.40. The molecule has 0 aliphatic heterocycles. The van der Waals surface area contributed by atoms with Gasteiger partial charge in [-0.3, -0.25) is 4.79 Å². The molecule has 4 nitrogen and oxygen atoms in total. The monoisotopic (exact) mass is 300 g/mol. The first-order valence-corrected chi connectivity index (χ1v) is 5.11. The van der Waals surface area contributed by atoms with Crippen LogP contribution in [0.4, 0.5) is 22.0 Å². The van der Waals surface area contributed by atoms with Gasteiger partial charge in [0.05, 0.1) is 13.5 Å². The van der Waals surface area contributed by atoms with Crippen LogP contribution in [0.1, 0.15) is 5.56 Å². The fourth-order valence-corrected chi connectivity index (χ4v) is 1.30. The lowest BCUT2D eigenvalue weighted by Crippen LogP contribution is -2.19. The largest absolute Gasteiger partial charge is 0.573 e. The Morgan fingerprint density at radius 3 is 2.45 bits per heavy atom. The average molecular weight is 300 g/mol. The summed E-state index contributed by atoms with van der Waals surface area (Å²) in [7, 11) is 1.06. The van der Waals surface area contributed by atoms with Gasteiger partial charge in [-0.25, -0.2) is 0 Å². The van der Waals surface area contributed by atoms with Crippen molar-refractivity contribution in [3.63, 3.8) is 0 Å². The van der Waals surface area contributed by atoms with Crippen LogP contribution in [-0.2, 0) is 16.0 Å². The number of rotatable bonds is 5. The van der Waals surface area contributed by atoms with E-state index in [1.54, 1.807) is 0 Å². The fourth-order valence-electron chi connectivity index (χ4n) is 1.30. The van der Waals surface area contributed by atoms with E-state index >= 15 is 0 Å². The van der Waals surface area contributed by atoms with Crippen molar-refractivity contribution in [3.05, 3.63) is 23.8 Å². The molecule has 0 heterocycles. The minimum Gasteiger partial charge on any atom is -0.469 e. The van der Waals surface area contributed by atoms with Crippen molar-refractivity contribution in [2.75, 3.05) is 7.11 Å². The number of carbonyl (C=O) groups excluding carboxylic acids is 1. The van der Waals surface area contributed by atoms with Crippen LogP contribution in [0.3, 0.4) is 0 Å². The molecule has 1 aromatic rings. The highest BCUT2D eigenvalue weighted by molar-refractivity contribution is 5.73. The van der Waals surface area contributed by atoms with Crippen molar-refractivity contribution < 1.29 is 41.0 Å². The van der Waals surface area contributed by atoms with Gasteiger partial charge in [0.15, 0.2) is 0 Å². The second-order valence-electron chi connectivity index (χ2n) is 3.45. The Morgan fingerprint density at radius 2 is 1.95 bits per heavy atom. The maximum absolute atomic E-state index is 12.2. The zero-order valence-electron chi connectivity index (χ0n) is 10.0. The number of hydrogen-bond acceptors (Lipinski definition) is 4. The van der Waals surface area contributed by atoms with Gasteiger partial charge in [0.25, 0.3) is 0 Å². The van der Waals surface area contributed by atoms with Gasteiger partial charge in [-0.05, 0) is 6.07 Å². The van der Waals surface area contributed by atoms with E-state index in [-0.39, 0.29) is 5.56 Å². The lowest BCUT2D eigenvalue weighted by Gasteiger charge is -2.14. The molecule has 1 rings (SSSR count). The van der Waals surface area contributed by atoms with E-state index in [0.717, 1.165) is 19.2 Å². The normalized spacial score (nSPS) is 11.3. The Labute approximate surface area is 110 Å². The van der Waals surface area contributed by atoms with Crippen LogP contribution in [-0.4, -0.2) is 26.1 Å². The van der Waals surface area contributed by atoms with Gasteiger partial charge >= 0.3 is 18.9 Å². The van der Waals surface area contributed by atoms with Gasteiger partial charge in [-0.15, -0.1) is 13.2 Å². The van der Waals surface area contributed by atoms with Crippen molar-refractivity contribution in [3.8, 4) is 11.5 Å². The predicted molar refractivity (Wildman–Crippen MR) is 55.5 cm³/mol. The number of esters is 1. The quantitative estimate of drug-likeness (QED) is 0.619. The van der Waals surface area contributed by atoms with Crippen molar-refractivity contribution >= 4 is 5.97 Å². The molecule has 0 aliphatic rings. The number of hydrogen-bond donors (Lipinski definition) is 0. The lowest BCUT2D eigenvalue weighted by molar-refractivity contribution is -0.275. The molecule has 0 saturated heterocycles. The van der Waals surface area contributed by atoms with E-state index in [2.05, 4.69) is 14.2 Å². The molecule has 20 heavy (non-hydrogen) atoms. The number of benzene rings is 1. The molecule has 0 radical (unpaired) electrons. The van der Waals surface area contributed by atoms with Crippen LogP contribution < -0.4 is 9.47 Å². The molecule has 0 aliphatic carbocycles. The first kappa shape index (κ1) is 16.0. The molecule has 0 fully saturated rings. The molecule has 0 unspecified atom stereocenters. The summed E-state index contributed by atoms with van der Waals surface area (Å²) in [5.41, 5.74) is -0.171. The van der Waals surface area contributed by atoms with E-state index < -0.39 is 36.9 Å². The van der Waals surface area contributed by atoms with Crippen molar-refractivity contribution in [1.82, 2.24) is 0 Å². The number of carbonyl (C=O) groups is 1. The third-order valence-electron chi connectivity index (χ3n) is 2.05. The summed E-state index contributed by atoms with van der Waals surface area (Å²) in [6.07, 6.45) is -5.54. The fraction of sp³-hybridized carbons (Fsp3) is 0.364. The van der Waals surface area contributed by atoms with Crippen LogP contribution in [0.2, 0.25) is 0 Å². The summed E-state index contributed by atoms with van der Waals surface area (Å²) in [5, 5.41) is 0. The standard InChI is InChI=1S/C11H9F5O4/c1-18-9(17)4-6-2-3-7(19-10(12)13)5-8(6)20-11(14,15)16/h2-3,5,10H,4H2,1H3. The minimum atomic E-state index is -5.03. The SMILES string of the molecule is COC(=O)Cc1ccc(OC(F)F)cc1OC(F)(F)F. The summed E-state index contributed by atoms with van der Waals surface area (Å²) in [4.78, 5) is 11.1. The molecule has 1 aromatic carbocycles. The number of alkyl halides is 5. The second-order valence-corrected chi connectivity index (χ2v) is 3.45. The Hall–Kier alpha value is -2.06. The molecule has 0 saturated carbocycles. The molecule has 0 N–H and O–H groups in total. The van der Waals surface area contributed by atoms with E-state index in [4.69, 9.17) is 0 Å². The zero-order chi connectivity index (χ0) is 15.3. The lowest BCUT2D eigenvalue weighted by atomic mass is 10.1. The van der Waals surface area contributed by atoms with Crippen LogP contribution in [0, 0.1) is 0 Å². The Bertz CT molecular complexity index is 472. The van der Waals surface area contributed by atoms with Crippen molar-refractivity contribution in [1.29, 1.82) is 0 Å². The summed E-state index contributed by atoms with van der Waals surface area (Å²) in [5.74, 6) is -2.13. The van der Waals surface area contributed by atoms with Gasteiger partial charge in [0, 0.05) is 11.6 Å². The van der Waals surface area contributed by atoms with E-state index in [1.165, 1.54) is 0 Å². The van der Waals surface area contributed by atoms with Gasteiger partial charge in [0.1, 0.15) is 11.5 Å². The smallest absolute Gasteiger partial charge is 0.469 e. The van der Waals surface area contributed by atoms with E-state index in [1.807, 2.05) is 0 Å².